The summed E-state index contributed by atoms with van der Waals surface area (Å²) < 4.78 is 17.8. The van der Waals surface area contributed by atoms with Crippen LogP contribution in [0, 0.1) is 12.7 Å². The van der Waals surface area contributed by atoms with Crippen LogP contribution < -0.4 is 5.32 Å². The summed E-state index contributed by atoms with van der Waals surface area (Å²) in [5, 5.41) is 3.57. The van der Waals surface area contributed by atoms with E-state index in [9.17, 15) is 9.18 Å². The van der Waals surface area contributed by atoms with Gasteiger partial charge in [0.05, 0.1) is 13.2 Å². The van der Waals surface area contributed by atoms with Crippen LogP contribution in [-0.2, 0) is 9.53 Å². The number of fused-ring (bicyclic) bond motifs is 1. The van der Waals surface area contributed by atoms with Crippen molar-refractivity contribution in [3.05, 3.63) is 35.8 Å². The van der Waals surface area contributed by atoms with Crippen molar-refractivity contribution in [1.82, 2.24) is 15.2 Å². The number of H-pyrrole nitrogens is 1. The first-order valence-corrected chi connectivity index (χ1v) is 7.41. The van der Waals surface area contributed by atoms with Gasteiger partial charge >= 0.3 is 0 Å². The molecule has 0 atom stereocenters. The molecule has 0 aliphatic carbocycles. The Bertz CT molecular complexity index is 594. The molecule has 0 bridgehead atoms. The number of halogens is 1. The van der Waals surface area contributed by atoms with Crippen LogP contribution >= 0.6 is 0 Å². The topological polar surface area (TPSA) is 57.4 Å². The van der Waals surface area contributed by atoms with Gasteiger partial charge in [-0.25, -0.2) is 4.39 Å². The summed E-state index contributed by atoms with van der Waals surface area (Å²) in [5.74, 6) is -0.184. The molecule has 1 aromatic carbocycles. The van der Waals surface area contributed by atoms with E-state index in [1.54, 1.807) is 6.07 Å². The Labute approximate surface area is 129 Å². The van der Waals surface area contributed by atoms with Gasteiger partial charge in [0.25, 0.3) is 0 Å². The van der Waals surface area contributed by atoms with Crippen molar-refractivity contribution in [3.8, 4) is 0 Å². The molecule has 6 heteroatoms. The molecule has 1 aliphatic rings. The summed E-state index contributed by atoms with van der Waals surface area (Å²) in [6, 6.07) is 6.66. The quantitative estimate of drug-likeness (QED) is 0.667. The molecule has 0 unspecified atom stereocenters. The maximum Gasteiger partial charge on any atom is 0.207 e. The second-order valence-corrected chi connectivity index (χ2v) is 5.21. The fraction of sp³-hybridized carbons (Fsp3) is 0.438. The molecule has 2 aromatic rings. The Hall–Kier alpha value is -1.92. The molecule has 0 spiro atoms. The standard InChI is InChI=1S/C9H8FN.C7H14N2O2/c1-6-4-7-5-8(10)2-3-9(7)11-6;10-7-8-1-2-9-3-5-11-6-4-9/h2-5,11H,1H3;7H,1-6H2,(H,8,10). The largest absolute Gasteiger partial charge is 0.379 e. The maximum absolute atomic E-state index is 12.6. The molecule has 2 heterocycles. The van der Waals surface area contributed by atoms with Crippen LogP contribution in [0.2, 0.25) is 0 Å². The van der Waals surface area contributed by atoms with Crippen LogP contribution in [-0.4, -0.2) is 55.7 Å². The molecule has 1 amide bonds. The number of aromatic nitrogens is 1. The van der Waals surface area contributed by atoms with Crippen molar-refractivity contribution in [2.75, 3.05) is 39.4 Å². The van der Waals surface area contributed by atoms with E-state index in [1.165, 1.54) is 12.1 Å². The van der Waals surface area contributed by atoms with E-state index in [0.29, 0.717) is 0 Å². The maximum atomic E-state index is 12.6. The van der Waals surface area contributed by atoms with Crippen molar-refractivity contribution in [2.45, 2.75) is 6.92 Å². The first-order chi connectivity index (χ1) is 10.7. The lowest BCUT2D eigenvalue weighted by molar-refractivity contribution is -0.109. The molecule has 0 saturated carbocycles. The van der Waals surface area contributed by atoms with Crippen LogP contribution in [0.25, 0.3) is 10.9 Å². The lowest BCUT2D eigenvalue weighted by Crippen LogP contribution is -2.40. The fourth-order valence-electron chi connectivity index (χ4n) is 2.35. The van der Waals surface area contributed by atoms with Gasteiger partial charge in [-0.3, -0.25) is 9.69 Å². The molecule has 0 radical (unpaired) electrons. The predicted octanol–water partition coefficient (Wildman–Crippen LogP) is 1.68. The molecule has 1 fully saturated rings. The summed E-state index contributed by atoms with van der Waals surface area (Å²) >= 11 is 0. The van der Waals surface area contributed by atoms with Crippen LogP contribution in [0.15, 0.2) is 24.3 Å². The van der Waals surface area contributed by atoms with E-state index in [0.717, 1.165) is 62.4 Å². The van der Waals surface area contributed by atoms with Crippen LogP contribution in [0.5, 0.6) is 0 Å². The van der Waals surface area contributed by atoms with Gasteiger partial charge < -0.3 is 15.0 Å². The minimum Gasteiger partial charge on any atom is -0.379 e. The minimum absolute atomic E-state index is 0.184. The molecule has 22 heavy (non-hydrogen) atoms. The van der Waals surface area contributed by atoms with E-state index in [-0.39, 0.29) is 5.82 Å². The highest BCUT2D eigenvalue weighted by Crippen LogP contribution is 2.15. The zero-order valence-corrected chi connectivity index (χ0v) is 12.8. The number of morpholine rings is 1. The van der Waals surface area contributed by atoms with E-state index in [1.807, 2.05) is 13.0 Å². The molecule has 1 saturated heterocycles. The highest BCUT2D eigenvalue weighted by atomic mass is 19.1. The van der Waals surface area contributed by atoms with Gasteiger partial charge in [0.15, 0.2) is 0 Å². The number of amides is 1. The second kappa shape index (κ2) is 8.51. The van der Waals surface area contributed by atoms with Gasteiger partial charge in [-0.1, -0.05) is 0 Å². The lowest BCUT2D eigenvalue weighted by Gasteiger charge is -2.26. The number of rotatable bonds is 4. The average molecular weight is 307 g/mol. The number of aromatic amines is 1. The lowest BCUT2D eigenvalue weighted by atomic mass is 10.2. The van der Waals surface area contributed by atoms with Crippen molar-refractivity contribution in [2.24, 2.45) is 0 Å². The van der Waals surface area contributed by atoms with Gasteiger partial charge in [-0.2, -0.15) is 0 Å². The number of aryl methyl sites for hydroxylation is 1. The number of ether oxygens (including phenoxy) is 1. The highest BCUT2D eigenvalue weighted by molar-refractivity contribution is 5.80. The number of carbonyl (C=O) groups excluding carboxylic acids is 1. The Morgan fingerprint density at radius 3 is 2.86 bits per heavy atom. The van der Waals surface area contributed by atoms with Gasteiger partial charge in [-0.05, 0) is 31.2 Å². The van der Waals surface area contributed by atoms with E-state index >= 15 is 0 Å². The Morgan fingerprint density at radius 2 is 2.14 bits per heavy atom. The summed E-state index contributed by atoms with van der Waals surface area (Å²) in [4.78, 5) is 15.3. The van der Waals surface area contributed by atoms with Gasteiger partial charge in [0.1, 0.15) is 5.82 Å². The summed E-state index contributed by atoms with van der Waals surface area (Å²) in [5.41, 5.74) is 2.05. The Morgan fingerprint density at radius 1 is 1.36 bits per heavy atom. The normalized spacial score (nSPS) is 15.2. The molecule has 1 aliphatic heterocycles. The zero-order chi connectivity index (χ0) is 15.8. The molecule has 2 N–H and O–H groups in total. The number of hydrogen-bond donors (Lipinski definition) is 2. The third-order valence-electron chi connectivity index (χ3n) is 3.48. The second-order valence-electron chi connectivity index (χ2n) is 5.21. The van der Waals surface area contributed by atoms with E-state index in [4.69, 9.17) is 4.74 Å². The van der Waals surface area contributed by atoms with Crippen LogP contribution in [0.4, 0.5) is 4.39 Å². The third-order valence-corrected chi connectivity index (χ3v) is 3.48. The molecule has 3 rings (SSSR count). The number of hydrogen-bond acceptors (Lipinski definition) is 3. The van der Waals surface area contributed by atoms with E-state index in [2.05, 4.69) is 15.2 Å². The number of nitrogens with zero attached hydrogens (tertiary/aromatic N) is 1. The molecule has 1 aromatic heterocycles. The fourth-order valence-corrected chi connectivity index (χ4v) is 2.35. The SMILES string of the molecule is Cc1cc2cc(F)ccc2[nH]1.O=CNCCN1CCOCC1. The molecule has 5 nitrogen and oxygen atoms in total. The van der Waals surface area contributed by atoms with Gasteiger partial charge in [0, 0.05) is 42.8 Å². The summed E-state index contributed by atoms with van der Waals surface area (Å²) in [6.07, 6.45) is 0.737. The smallest absolute Gasteiger partial charge is 0.207 e. The van der Waals surface area contributed by atoms with Crippen LogP contribution in [0.3, 0.4) is 0 Å². The van der Waals surface area contributed by atoms with Crippen molar-refractivity contribution >= 4 is 17.3 Å². The monoisotopic (exact) mass is 307 g/mol. The number of nitrogens with one attached hydrogen (secondary N) is 2. The highest BCUT2D eigenvalue weighted by Gasteiger charge is 2.08. The van der Waals surface area contributed by atoms with Gasteiger partial charge in [-0.15, -0.1) is 0 Å². The first kappa shape index (κ1) is 16.5. The minimum atomic E-state index is -0.184. The summed E-state index contributed by atoms with van der Waals surface area (Å²) in [6.45, 7) is 7.24. The van der Waals surface area contributed by atoms with E-state index < -0.39 is 0 Å². The first-order valence-electron chi connectivity index (χ1n) is 7.41. The third kappa shape index (κ3) is 5.13. The van der Waals surface area contributed by atoms with Crippen LogP contribution in [0.1, 0.15) is 5.69 Å². The predicted molar refractivity (Wildman–Crippen MR) is 84.3 cm³/mol. The van der Waals surface area contributed by atoms with Gasteiger partial charge in [0.2, 0.25) is 6.41 Å². The van der Waals surface area contributed by atoms with Crippen molar-refractivity contribution in [1.29, 1.82) is 0 Å². The Kier molecular flexibility index (Phi) is 6.36. The van der Waals surface area contributed by atoms with Crippen molar-refractivity contribution in [3.63, 3.8) is 0 Å². The Balaban J connectivity index is 0.000000160. The molecular weight excluding hydrogens is 285 g/mol. The zero-order valence-electron chi connectivity index (χ0n) is 12.8. The average Bonchev–Trinajstić information content (AvgIpc) is 2.88. The number of benzene rings is 1. The molecule has 120 valence electrons. The summed E-state index contributed by atoms with van der Waals surface area (Å²) in [7, 11) is 0. The number of carbonyl (C=O) groups is 1. The van der Waals surface area contributed by atoms with Crippen molar-refractivity contribution < 1.29 is 13.9 Å². The molecular formula is C16H22FN3O2.